The monoisotopic (exact) mass is 292 g/mol. The predicted octanol–water partition coefficient (Wildman–Crippen LogP) is 2.15. The maximum atomic E-state index is 11.5. The van der Waals surface area contributed by atoms with Crippen LogP contribution in [-0.2, 0) is 17.9 Å². The fourth-order valence-corrected chi connectivity index (χ4v) is 2.63. The van der Waals surface area contributed by atoms with Gasteiger partial charge in [0, 0.05) is 5.38 Å². The highest BCUT2D eigenvalue weighted by Crippen LogP contribution is 2.07. The molecule has 6 heteroatoms. The molecule has 0 aliphatic heterocycles. The van der Waals surface area contributed by atoms with Crippen LogP contribution in [0.5, 0.6) is 0 Å². The van der Waals surface area contributed by atoms with Crippen LogP contribution in [0.4, 0.5) is 4.79 Å². The minimum atomic E-state index is -0.611. The number of benzene rings is 1. The normalized spacial score (nSPS) is 11.6. The zero-order valence-corrected chi connectivity index (χ0v) is 12.0. The Bertz CT molecular complexity index is 631. The van der Waals surface area contributed by atoms with Gasteiger partial charge in [0.25, 0.3) is 0 Å². The van der Waals surface area contributed by atoms with Gasteiger partial charge < -0.3 is 14.4 Å². The number of hydrogen-bond acceptors (Lipinski definition) is 4. The molecule has 5 nitrogen and oxygen atoms in total. The van der Waals surface area contributed by atoms with E-state index in [2.05, 4.69) is 4.99 Å². The predicted molar refractivity (Wildman–Crippen MR) is 76.4 cm³/mol. The SMILES string of the molecule is CCOC(=O)/N=c1\scc(CO)n1Cc1ccccc1. The van der Waals surface area contributed by atoms with Crippen LogP contribution in [0.25, 0.3) is 0 Å². The van der Waals surface area contributed by atoms with Gasteiger partial charge >= 0.3 is 6.09 Å². The number of carbonyl (C=O) groups excluding carboxylic acids is 1. The molecular formula is C14H16N2O3S. The van der Waals surface area contributed by atoms with Crippen molar-refractivity contribution in [2.45, 2.75) is 20.1 Å². The molecule has 1 aromatic heterocycles. The van der Waals surface area contributed by atoms with E-state index in [1.807, 2.05) is 34.9 Å². The molecule has 1 heterocycles. The van der Waals surface area contributed by atoms with E-state index in [4.69, 9.17) is 4.74 Å². The van der Waals surface area contributed by atoms with Crippen molar-refractivity contribution in [2.75, 3.05) is 6.61 Å². The summed E-state index contributed by atoms with van der Waals surface area (Å²) in [6.07, 6.45) is -0.611. The topological polar surface area (TPSA) is 63.8 Å². The molecule has 0 atom stereocenters. The smallest absolute Gasteiger partial charge is 0.436 e. The summed E-state index contributed by atoms with van der Waals surface area (Å²) in [5.74, 6) is 0. The minimum absolute atomic E-state index is 0.0956. The standard InChI is InChI=1S/C14H16N2O3S/c1-2-19-14(18)15-13-16(12(9-17)10-20-13)8-11-6-4-3-5-7-11/h3-7,10,17H,2,8-9H2,1H3/b15-13-. The Morgan fingerprint density at radius 2 is 2.15 bits per heavy atom. The van der Waals surface area contributed by atoms with E-state index in [-0.39, 0.29) is 6.61 Å². The molecule has 0 aliphatic carbocycles. The molecule has 0 aliphatic rings. The number of rotatable bonds is 4. The number of amides is 1. The van der Waals surface area contributed by atoms with Crippen LogP contribution in [0.2, 0.25) is 0 Å². The van der Waals surface area contributed by atoms with Gasteiger partial charge in [-0.1, -0.05) is 30.3 Å². The lowest BCUT2D eigenvalue weighted by atomic mass is 10.2. The Balaban J connectivity index is 2.35. The van der Waals surface area contributed by atoms with Crippen LogP contribution in [0.3, 0.4) is 0 Å². The third kappa shape index (κ3) is 3.55. The number of ether oxygens (including phenoxy) is 1. The van der Waals surface area contributed by atoms with Gasteiger partial charge in [-0.2, -0.15) is 0 Å². The van der Waals surface area contributed by atoms with Gasteiger partial charge in [0.15, 0.2) is 4.80 Å². The first-order chi connectivity index (χ1) is 9.74. The fourth-order valence-electron chi connectivity index (χ4n) is 1.75. The van der Waals surface area contributed by atoms with Crippen molar-refractivity contribution in [3.05, 3.63) is 51.8 Å². The second-order valence-electron chi connectivity index (χ2n) is 4.05. The molecule has 0 saturated heterocycles. The van der Waals surface area contributed by atoms with E-state index in [9.17, 15) is 9.90 Å². The zero-order chi connectivity index (χ0) is 14.4. The Kier molecular flexibility index (Phi) is 5.09. The van der Waals surface area contributed by atoms with Crippen LogP contribution < -0.4 is 4.80 Å². The summed E-state index contributed by atoms with van der Waals surface area (Å²) in [5.41, 5.74) is 1.80. The molecule has 20 heavy (non-hydrogen) atoms. The van der Waals surface area contributed by atoms with E-state index >= 15 is 0 Å². The Morgan fingerprint density at radius 3 is 2.80 bits per heavy atom. The molecule has 2 aromatic rings. The molecule has 0 bridgehead atoms. The number of aromatic nitrogens is 1. The highest BCUT2D eigenvalue weighted by molar-refractivity contribution is 7.07. The quantitative estimate of drug-likeness (QED) is 0.939. The minimum Gasteiger partial charge on any atom is -0.448 e. The first-order valence-corrected chi connectivity index (χ1v) is 7.16. The highest BCUT2D eigenvalue weighted by Gasteiger charge is 2.07. The first kappa shape index (κ1) is 14.5. The summed E-state index contributed by atoms with van der Waals surface area (Å²) < 4.78 is 6.64. The van der Waals surface area contributed by atoms with Crippen molar-refractivity contribution in [2.24, 2.45) is 4.99 Å². The van der Waals surface area contributed by atoms with E-state index in [1.54, 1.807) is 12.3 Å². The molecule has 1 N–H and O–H groups in total. The number of thiazole rings is 1. The van der Waals surface area contributed by atoms with Gasteiger partial charge in [0.05, 0.1) is 25.5 Å². The maximum absolute atomic E-state index is 11.5. The van der Waals surface area contributed by atoms with Crippen LogP contribution in [0.15, 0.2) is 40.7 Å². The van der Waals surface area contributed by atoms with Crippen molar-refractivity contribution in [3.8, 4) is 0 Å². The number of carbonyl (C=O) groups is 1. The first-order valence-electron chi connectivity index (χ1n) is 6.28. The van der Waals surface area contributed by atoms with E-state index in [1.165, 1.54) is 11.3 Å². The number of aliphatic hydroxyl groups excluding tert-OH is 1. The van der Waals surface area contributed by atoms with Crippen molar-refractivity contribution < 1.29 is 14.6 Å². The van der Waals surface area contributed by atoms with Crippen molar-refractivity contribution in [3.63, 3.8) is 0 Å². The van der Waals surface area contributed by atoms with Crippen LogP contribution in [0.1, 0.15) is 18.2 Å². The summed E-state index contributed by atoms with van der Waals surface area (Å²) in [6, 6.07) is 9.81. The second-order valence-corrected chi connectivity index (χ2v) is 4.89. The lowest BCUT2D eigenvalue weighted by Gasteiger charge is -2.07. The second kappa shape index (κ2) is 7.02. The fraction of sp³-hybridized carbons (Fsp3) is 0.286. The Hall–Kier alpha value is -1.92. The van der Waals surface area contributed by atoms with E-state index < -0.39 is 6.09 Å². The molecule has 0 spiro atoms. The van der Waals surface area contributed by atoms with Crippen LogP contribution >= 0.6 is 11.3 Å². The zero-order valence-electron chi connectivity index (χ0n) is 11.2. The van der Waals surface area contributed by atoms with E-state index in [0.717, 1.165) is 11.3 Å². The van der Waals surface area contributed by atoms with Gasteiger partial charge in [-0.25, -0.2) is 4.79 Å². The summed E-state index contributed by atoms with van der Waals surface area (Å²) >= 11 is 1.31. The Labute approximate surface area is 120 Å². The van der Waals surface area contributed by atoms with Crippen LogP contribution in [-0.4, -0.2) is 22.4 Å². The Morgan fingerprint density at radius 1 is 1.40 bits per heavy atom. The summed E-state index contributed by atoms with van der Waals surface area (Å²) in [4.78, 5) is 15.9. The van der Waals surface area contributed by atoms with Gasteiger partial charge in [0.1, 0.15) is 0 Å². The average molecular weight is 292 g/mol. The van der Waals surface area contributed by atoms with Gasteiger partial charge in [-0.15, -0.1) is 16.3 Å². The van der Waals surface area contributed by atoms with Gasteiger partial charge in [-0.3, -0.25) is 0 Å². The molecule has 106 valence electrons. The largest absolute Gasteiger partial charge is 0.448 e. The van der Waals surface area contributed by atoms with Crippen molar-refractivity contribution in [1.29, 1.82) is 0 Å². The third-order valence-corrected chi connectivity index (χ3v) is 3.59. The lowest BCUT2D eigenvalue weighted by molar-refractivity contribution is 0.162. The summed E-state index contributed by atoms with van der Waals surface area (Å²) in [6.45, 7) is 2.48. The third-order valence-electron chi connectivity index (χ3n) is 2.68. The molecule has 1 amide bonds. The average Bonchev–Trinajstić information content (AvgIpc) is 2.82. The van der Waals surface area contributed by atoms with Gasteiger partial charge in [0.2, 0.25) is 0 Å². The summed E-state index contributed by atoms with van der Waals surface area (Å²) in [5, 5.41) is 11.2. The molecule has 0 fully saturated rings. The molecule has 0 radical (unpaired) electrons. The lowest BCUT2D eigenvalue weighted by Crippen LogP contribution is -2.20. The summed E-state index contributed by atoms with van der Waals surface area (Å²) in [7, 11) is 0. The van der Waals surface area contributed by atoms with E-state index in [0.29, 0.717) is 18.0 Å². The molecule has 0 saturated carbocycles. The number of hydrogen-bond donors (Lipinski definition) is 1. The number of nitrogens with zero attached hydrogens (tertiary/aromatic N) is 2. The van der Waals surface area contributed by atoms with Gasteiger partial charge in [-0.05, 0) is 12.5 Å². The molecule has 2 rings (SSSR count). The van der Waals surface area contributed by atoms with Crippen molar-refractivity contribution >= 4 is 17.4 Å². The van der Waals surface area contributed by atoms with Crippen LogP contribution in [0, 0.1) is 0 Å². The highest BCUT2D eigenvalue weighted by atomic mass is 32.1. The molecular weight excluding hydrogens is 276 g/mol. The molecule has 0 unspecified atom stereocenters. The van der Waals surface area contributed by atoms with Crippen molar-refractivity contribution in [1.82, 2.24) is 4.57 Å². The molecule has 1 aromatic carbocycles. The maximum Gasteiger partial charge on any atom is 0.436 e. The number of aliphatic hydroxyl groups is 1.